The topological polar surface area (TPSA) is 36.3 Å². The summed E-state index contributed by atoms with van der Waals surface area (Å²) >= 11 is 0. The Balaban J connectivity index is 1.65. The number of nitrogens with zero attached hydrogens (tertiary/aromatic N) is 2. The maximum Gasteiger partial charge on any atom is 0.119 e. The fraction of sp³-hybridized carbons (Fsp3) is 0.562. The summed E-state index contributed by atoms with van der Waals surface area (Å²) in [7, 11) is 2.16. The number of ether oxygens (including phenoxy) is 1. The first-order valence-corrected chi connectivity index (χ1v) is 7.05. The van der Waals surface area contributed by atoms with E-state index in [-0.39, 0.29) is 0 Å². The first-order chi connectivity index (χ1) is 9.28. The van der Waals surface area contributed by atoms with Crippen molar-refractivity contribution in [3.05, 3.63) is 29.8 Å². The molecule has 0 saturated heterocycles. The number of rotatable bonds is 7. The molecule has 1 saturated carbocycles. The third-order valence-electron chi connectivity index (χ3n) is 3.74. The van der Waals surface area contributed by atoms with Crippen molar-refractivity contribution in [1.29, 1.82) is 5.26 Å². The normalized spacial score (nSPS) is 15.0. The molecule has 19 heavy (non-hydrogen) atoms. The predicted molar refractivity (Wildman–Crippen MR) is 76.1 cm³/mol. The zero-order chi connectivity index (χ0) is 13.5. The first kappa shape index (κ1) is 13.9. The first-order valence-electron chi connectivity index (χ1n) is 7.05. The molecule has 0 atom stereocenters. The van der Waals surface area contributed by atoms with Crippen molar-refractivity contribution in [2.75, 3.05) is 26.7 Å². The lowest BCUT2D eigenvalue weighted by Crippen LogP contribution is -2.32. The Kier molecular flexibility index (Phi) is 5.23. The van der Waals surface area contributed by atoms with Crippen LogP contribution in [-0.4, -0.2) is 31.6 Å². The fourth-order valence-corrected chi connectivity index (χ4v) is 2.32. The molecule has 102 valence electrons. The van der Waals surface area contributed by atoms with Gasteiger partial charge in [-0.2, -0.15) is 5.26 Å². The molecule has 3 heteroatoms. The summed E-state index contributed by atoms with van der Waals surface area (Å²) in [5, 5.41) is 8.60. The van der Waals surface area contributed by atoms with E-state index in [1.165, 1.54) is 25.8 Å². The van der Waals surface area contributed by atoms with Gasteiger partial charge in [-0.1, -0.05) is 18.6 Å². The summed E-state index contributed by atoms with van der Waals surface area (Å²) in [5.41, 5.74) is 1.04. The Labute approximate surface area is 115 Å². The van der Waals surface area contributed by atoms with Gasteiger partial charge in [-0.3, -0.25) is 0 Å². The molecule has 0 aromatic heterocycles. The Morgan fingerprint density at radius 3 is 2.63 bits per heavy atom. The molecule has 0 amide bonds. The van der Waals surface area contributed by atoms with Gasteiger partial charge in [0.1, 0.15) is 12.4 Å². The summed E-state index contributed by atoms with van der Waals surface area (Å²) in [6, 6.07) is 9.94. The van der Waals surface area contributed by atoms with Crippen molar-refractivity contribution in [1.82, 2.24) is 4.90 Å². The van der Waals surface area contributed by atoms with Crippen LogP contribution in [0.25, 0.3) is 0 Å². The van der Waals surface area contributed by atoms with E-state index < -0.39 is 0 Å². The van der Waals surface area contributed by atoms with Gasteiger partial charge < -0.3 is 9.64 Å². The van der Waals surface area contributed by atoms with Gasteiger partial charge in [-0.05, 0) is 43.5 Å². The van der Waals surface area contributed by atoms with Gasteiger partial charge >= 0.3 is 0 Å². The van der Waals surface area contributed by atoms with E-state index in [4.69, 9.17) is 10.00 Å². The van der Waals surface area contributed by atoms with Gasteiger partial charge in [0, 0.05) is 13.1 Å². The lowest BCUT2D eigenvalue weighted by Gasteiger charge is -2.30. The summed E-state index contributed by atoms with van der Waals surface area (Å²) in [6.07, 6.45) is 4.66. The Morgan fingerprint density at radius 1 is 1.32 bits per heavy atom. The van der Waals surface area contributed by atoms with Crippen molar-refractivity contribution in [2.45, 2.75) is 25.7 Å². The smallest absolute Gasteiger partial charge is 0.119 e. The molecule has 0 bridgehead atoms. The monoisotopic (exact) mass is 258 g/mol. The second-order valence-corrected chi connectivity index (χ2v) is 5.39. The minimum absolute atomic E-state index is 0.463. The molecule has 0 radical (unpaired) electrons. The Bertz CT molecular complexity index is 417. The number of benzene rings is 1. The summed E-state index contributed by atoms with van der Waals surface area (Å²) < 4.78 is 5.72. The molecule has 0 aliphatic heterocycles. The van der Waals surface area contributed by atoms with Gasteiger partial charge in [0.25, 0.3) is 0 Å². The number of hydrogen-bond donors (Lipinski definition) is 0. The van der Waals surface area contributed by atoms with Crippen LogP contribution in [-0.2, 0) is 6.42 Å². The SMILES string of the molecule is CN(CCOc1ccc(CC#N)cc1)CC1CCC1. The second-order valence-electron chi connectivity index (χ2n) is 5.39. The van der Waals surface area contributed by atoms with Gasteiger partial charge in [-0.25, -0.2) is 0 Å². The Hall–Kier alpha value is -1.53. The number of likely N-dealkylation sites (N-methyl/N-ethyl adjacent to an activating group) is 1. The van der Waals surface area contributed by atoms with Crippen LogP contribution in [0, 0.1) is 17.2 Å². The van der Waals surface area contributed by atoms with Gasteiger partial charge in [0.2, 0.25) is 0 Å². The zero-order valence-corrected chi connectivity index (χ0v) is 11.6. The molecule has 1 aliphatic carbocycles. The van der Waals surface area contributed by atoms with Crippen LogP contribution in [0.4, 0.5) is 0 Å². The summed E-state index contributed by atoms with van der Waals surface area (Å²) in [6.45, 7) is 2.89. The van der Waals surface area contributed by atoms with Crippen LogP contribution in [0.15, 0.2) is 24.3 Å². The van der Waals surface area contributed by atoms with Crippen LogP contribution in [0.1, 0.15) is 24.8 Å². The van der Waals surface area contributed by atoms with E-state index in [0.29, 0.717) is 6.42 Å². The maximum absolute atomic E-state index is 8.60. The predicted octanol–water partition coefficient (Wildman–Crippen LogP) is 2.86. The third kappa shape index (κ3) is 4.57. The van der Waals surface area contributed by atoms with Gasteiger partial charge in [0.15, 0.2) is 0 Å². The van der Waals surface area contributed by atoms with E-state index >= 15 is 0 Å². The van der Waals surface area contributed by atoms with E-state index in [1.54, 1.807) is 0 Å². The molecule has 1 aliphatic rings. The lowest BCUT2D eigenvalue weighted by atomic mass is 9.85. The van der Waals surface area contributed by atoms with Crippen molar-refractivity contribution in [3.63, 3.8) is 0 Å². The van der Waals surface area contributed by atoms with Crippen LogP contribution >= 0.6 is 0 Å². The maximum atomic E-state index is 8.60. The number of hydrogen-bond acceptors (Lipinski definition) is 3. The molecular formula is C16H22N2O. The van der Waals surface area contributed by atoms with Gasteiger partial charge in [0.05, 0.1) is 12.5 Å². The molecule has 3 nitrogen and oxygen atoms in total. The molecular weight excluding hydrogens is 236 g/mol. The largest absolute Gasteiger partial charge is 0.492 e. The number of nitriles is 1. The standard InChI is InChI=1S/C16H22N2O/c1-18(13-15-3-2-4-15)11-12-19-16-7-5-14(6-8-16)9-10-17/h5-8,15H,2-4,9,11-13H2,1H3. The zero-order valence-electron chi connectivity index (χ0n) is 11.6. The third-order valence-corrected chi connectivity index (χ3v) is 3.74. The van der Waals surface area contributed by atoms with Crippen molar-refractivity contribution in [2.24, 2.45) is 5.92 Å². The molecule has 0 spiro atoms. The minimum atomic E-state index is 0.463. The van der Waals surface area contributed by atoms with Crippen LogP contribution < -0.4 is 4.74 Å². The molecule has 1 aromatic rings. The average Bonchev–Trinajstić information content (AvgIpc) is 2.36. The molecule has 0 heterocycles. The lowest BCUT2D eigenvalue weighted by molar-refractivity contribution is 0.177. The molecule has 2 rings (SSSR count). The highest BCUT2D eigenvalue weighted by molar-refractivity contribution is 5.28. The molecule has 1 aromatic carbocycles. The van der Waals surface area contributed by atoms with Gasteiger partial charge in [-0.15, -0.1) is 0 Å². The second kappa shape index (κ2) is 7.16. The van der Waals surface area contributed by atoms with Crippen LogP contribution in [0.5, 0.6) is 5.75 Å². The highest BCUT2D eigenvalue weighted by Crippen LogP contribution is 2.26. The van der Waals surface area contributed by atoms with E-state index in [9.17, 15) is 0 Å². The van der Waals surface area contributed by atoms with E-state index in [0.717, 1.165) is 30.4 Å². The van der Waals surface area contributed by atoms with Crippen molar-refractivity contribution >= 4 is 0 Å². The van der Waals surface area contributed by atoms with Crippen molar-refractivity contribution < 1.29 is 4.74 Å². The van der Waals surface area contributed by atoms with E-state index in [1.807, 2.05) is 24.3 Å². The molecule has 1 fully saturated rings. The van der Waals surface area contributed by atoms with E-state index in [2.05, 4.69) is 18.0 Å². The molecule has 0 N–H and O–H groups in total. The summed E-state index contributed by atoms with van der Waals surface area (Å²) in [5.74, 6) is 1.80. The Morgan fingerprint density at radius 2 is 2.05 bits per heavy atom. The highest BCUT2D eigenvalue weighted by Gasteiger charge is 2.18. The van der Waals surface area contributed by atoms with Crippen LogP contribution in [0.3, 0.4) is 0 Å². The minimum Gasteiger partial charge on any atom is -0.492 e. The molecule has 0 unspecified atom stereocenters. The average molecular weight is 258 g/mol. The van der Waals surface area contributed by atoms with Crippen molar-refractivity contribution in [3.8, 4) is 11.8 Å². The highest BCUT2D eigenvalue weighted by atomic mass is 16.5. The van der Waals surface area contributed by atoms with Crippen LogP contribution in [0.2, 0.25) is 0 Å². The quantitative estimate of drug-likeness (QED) is 0.754. The fourth-order valence-electron chi connectivity index (χ4n) is 2.32. The summed E-state index contributed by atoms with van der Waals surface area (Å²) in [4.78, 5) is 2.36.